The van der Waals surface area contributed by atoms with E-state index in [1.54, 1.807) is 49.5 Å². The number of rotatable bonds is 6. The number of phenolic OH excluding ortho intramolecular Hbond substituents is 1. The van der Waals surface area contributed by atoms with Crippen molar-refractivity contribution in [1.82, 2.24) is 4.90 Å². The third-order valence-corrected chi connectivity index (χ3v) is 4.89. The average molecular weight is 387 g/mol. The number of morpholine rings is 1. The SMILES string of the molecule is COc1ccc([C@@H]2[C@@H](CO)OCCN2C(=O)Cc2ccc(O)cc2)cc1OC. The van der Waals surface area contributed by atoms with E-state index >= 15 is 0 Å². The Hall–Kier alpha value is -2.77. The maximum absolute atomic E-state index is 13.0. The molecule has 3 rings (SSSR count). The minimum Gasteiger partial charge on any atom is -0.508 e. The molecule has 7 heteroatoms. The van der Waals surface area contributed by atoms with E-state index in [9.17, 15) is 15.0 Å². The Morgan fingerprint density at radius 2 is 1.86 bits per heavy atom. The summed E-state index contributed by atoms with van der Waals surface area (Å²) in [5.41, 5.74) is 1.61. The zero-order valence-corrected chi connectivity index (χ0v) is 16.0. The van der Waals surface area contributed by atoms with Crippen LogP contribution in [0.3, 0.4) is 0 Å². The lowest BCUT2D eigenvalue weighted by Crippen LogP contribution is -2.49. The van der Waals surface area contributed by atoms with Gasteiger partial charge >= 0.3 is 0 Å². The van der Waals surface area contributed by atoms with Gasteiger partial charge in [0.25, 0.3) is 0 Å². The van der Waals surface area contributed by atoms with Gasteiger partial charge in [-0.05, 0) is 35.4 Å². The van der Waals surface area contributed by atoms with E-state index in [0.717, 1.165) is 11.1 Å². The fourth-order valence-electron chi connectivity index (χ4n) is 3.49. The van der Waals surface area contributed by atoms with Crippen LogP contribution in [0.5, 0.6) is 17.2 Å². The van der Waals surface area contributed by atoms with E-state index in [1.165, 1.54) is 0 Å². The summed E-state index contributed by atoms with van der Waals surface area (Å²) in [6.07, 6.45) is -0.335. The van der Waals surface area contributed by atoms with Crippen LogP contribution in [-0.2, 0) is 16.0 Å². The van der Waals surface area contributed by atoms with Crippen molar-refractivity contribution in [2.45, 2.75) is 18.6 Å². The highest BCUT2D eigenvalue weighted by atomic mass is 16.5. The number of hydrogen-bond donors (Lipinski definition) is 2. The Balaban J connectivity index is 1.89. The number of phenols is 1. The molecule has 0 aliphatic carbocycles. The second-order valence-corrected chi connectivity index (χ2v) is 6.58. The highest BCUT2D eigenvalue weighted by Gasteiger charge is 2.36. The summed E-state index contributed by atoms with van der Waals surface area (Å²) in [4.78, 5) is 14.8. The van der Waals surface area contributed by atoms with E-state index in [1.807, 2.05) is 12.1 Å². The molecule has 1 aliphatic rings. The van der Waals surface area contributed by atoms with E-state index in [4.69, 9.17) is 14.2 Å². The monoisotopic (exact) mass is 387 g/mol. The van der Waals surface area contributed by atoms with Gasteiger partial charge in [0.15, 0.2) is 11.5 Å². The molecule has 1 saturated heterocycles. The van der Waals surface area contributed by atoms with E-state index < -0.39 is 12.1 Å². The molecule has 0 saturated carbocycles. The molecule has 2 atom stereocenters. The fourth-order valence-corrected chi connectivity index (χ4v) is 3.49. The molecule has 0 spiro atoms. The lowest BCUT2D eigenvalue weighted by molar-refractivity contribution is -0.149. The molecule has 150 valence electrons. The Morgan fingerprint density at radius 1 is 1.14 bits per heavy atom. The normalized spacial score (nSPS) is 19.3. The van der Waals surface area contributed by atoms with Crippen LogP contribution in [0.1, 0.15) is 17.2 Å². The third-order valence-electron chi connectivity index (χ3n) is 4.89. The van der Waals surface area contributed by atoms with Crippen LogP contribution in [0.15, 0.2) is 42.5 Å². The van der Waals surface area contributed by atoms with Crippen molar-refractivity contribution < 1.29 is 29.2 Å². The van der Waals surface area contributed by atoms with Gasteiger partial charge in [0.05, 0.1) is 39.9 Å². The number of amides is 1. The number of nitrogens with zero attached hydrogens (tertiary/aromatic N) is 1. The quantitative estimate of drug-likeness (QED) is 0.787. The Morgan fingerprint density at radius 3 is 2.50 bits per heavy atom. The molecule has 1 heterocycles. The number of aliphatic hydroxyl groups excluding tert-OH is 1. The van der Waals surface area contributed by atoms with Crippen molar-refractivity contribution in [1.29, 1.82) is 0 Å². The zero-order chi connectivity index (χ0) is 20.1. The summed E-state index contributed by atoms with van der Waals surface area (Å²) in [5.74, 6) is 1.22. The van der Waals surface area contributed by atoms with Crippen LogP contribution >= 0.6 is 0 Å². The summed E-state index contributed by atoms with van der Waals surface area (Å²) < 4.78 is 16.4. The van der Waals surface area contributed by atoms with E-state index in [0.29, 0.717) is 24.7 Å². The van der Waals surface area contributed by atoms with Crippen LogP contribution in [0.4, 0.5) is 0 Å². The van der Waals surface area contributed by atoms with Crippen LogP contribution in [-0.4, -0.2) is 61.1 Å². The maximum Gasteiger partial charge on any atom is 0.227 e. The lowest BCUT2D eigenvalue weighted by atomic mass is 9.97. The van der Waals surface area contributed by atoms with Gasteiger partial charge in [0.1, 0.15) is 11.9 Å². The summed E-state index contributed by atoms with van der Waals surface area (Å²) in [5, 5.41) is 19.3. The topological polar surface area (TPSA) is 88.5 Å². The Bertz CT molecular complexity index is 807. The van der Waals surface area contributed by atoms with Crippen molar-refractivity contribution in [3.63, 3.8) is 0 Å². The molecule has 0 aromatic heterocycles. The van der Waals surface area contributed by atoms with Crippen molar-refractivity contribution >= 4 is 5.91 Å². The van der Waals surface area contributed by atoms with Gasteiger partial charge in [-0.3, -0.25) is 4.79 Å². The molecule has 2 N–H and O–H groups in total. The number of carbonyl (C=O) groups excluding carboxylic acids is 1. The highest BCUT2D eigenvalue weighted by Crippen LogP contribution is 2.36. The van der Waals surface area contributed by atoms with Crippen LogP contribution in [0.2, 0.25) is 0 Å². The van der Waals surface area contributed by atoms with Crippen molar-refractivity contribution in [2.75, 3.05) is 34.0 Å². The van der Waals surface area contributed by atoms with Gasteiger partial charge in [-0.2, -0.15) is 0 Å². The number of methoxy groups -OCH3 is 2. The predicted molar refractivity (Wildman–Crippen MR) is 103 cm³/mol. The summed E-state index contributed by atoms with van der Waals surface area (Å²) >= 11 is 0. The molecular formula is C21H25NO6. The van der Waals surface area contributed by atoms with Crippen molar-refractivity contribution in [3.8, 4) is 17.2 Å². The number of carbonyl (C=O) groups is 1. The van der Waals surface area contributed by atoms with Crippen molar-refractivity contribution in [3.05, 3.63) is 53.6 Å². The van der Waals surface area contributed by atoms with Gasteiger partial charge in [-0.25, -0.2) is 0 Å². The number of ether oxygens (including phenoxy) is 3. The molecule has 2 aromatic carbocycles. The molecule has 0 radical (unpaired) electrons. The van der Waals surface area contributed by atoms with E-state index in [2.05, 4.69) is 0 Å². The fraction of sp³-hybridized carbons (Fsp3) is 0.381. The summed E-state index contributed by atoms with van der Waals surface area (Å²) in [7, 11) is 3.11. The van der Waals surface area contributed by atoms with Crippen LogP contribution in [0, 0.1) is 0 Å². The van der Waals surface area contributed by atoms with Gasteiger partial charge in [0.2, 0.25) is 5.91 Å². The minimum absolute atomic E-state index is 0.0766. The number of aliphatic hydroxyl groups is 1. The smallest absolute Gasteiger partial charge is 0.227 e. The molecule has 7 nitrogen and oxygen atoms in total. The molecule has 1 fully saturated rings. The van der Waals surface area contributed by atoms with Crippen LogP contribution in [0.25, 0.3) is 0 Å². The van der Waals surface area contributed by atoms with E-state index in [-0.39, 0.29) is 24.7 Å². The first-order valence-corrected chi connectivity index (χ1v) is 9.09. The number of aromatic hydroxyl groups is 1. The van der Waals surface area contributed by atoms with Gasteiger partial charge in [-0.1, -0.05) is 18.2 Å². The zero-order valence-electron chi connectivity index (χ0n) is 16.0. The standard InChI is InChI=1S/C21H25NO6/c1-26-17-8-5-15(12-18(17)27-2)21-19(13-23)28-10-9-22(21)20(25)11-14-3-6-16(24)7-4-14/h3-8,12,19,21,23-24H,9-11,13H2,1-2H3/t19-,21-/m1/s1. The second-order valence-electron chi connectivity index (χ2n) is 6.58. The van der Waals surface area contributed by atoms with Gasteiger partial charge in [-0.15, -0.1) is 0 Å². The summed E-state index contributed by atoms with van der Waals surface area (Å²) in [6.45, 7) is 0.574. The molecule has 1 aliphatic heterocycles. The molecule has 0 unspecified atom stereocenters. The lowest BCUT2D eigenvalue weighted by Gasteiger charge is -2.41. The van der Waals surface area contributed by atoms with Crippen molar-refractivity contribution in [2.24, 2.45) is 0 Å². The first kappa shape index (κ1) is 20.0. The molecule has 1 amide bonds. The maximum atomic E-state index is 13.0. The predicted octanol–water partition coefficient (Wildman–Crippen LogP) is 1.91. The molecular weight excluding hydrogens is 362 g/mol. The number of benzene rings is 2. The summed E-state index contributed by atoms with van der Waals surface area (Å²) in [6, 6.07) is 11.6. The largest absolute Gasteiger partial charge is 0.508 e. The number of hydrogen-bond acceptors (Lipinski definition) is 6. The Kier molecular flexibility index (Phi) is 6.38. The Labute approximate surface area is 164 Å². The van der Waals surface area contributed by atoms with Gasteiger partial charge in [0, 0.05) is 6.54 Å². The second kappa shape index (κ2) is 8.95. The highest BCUT2D eigenvalue weighted by molar-refractivity contribution is 5.79. The first-order valence-electron chi connectivity index (χ1n) is 9.09. The molecule has 28 heavy (non-hydrogen) atoms. The van der Waals surface area contributed by atoms with Gasteiger partial charge < -0.3 is 29.3 Å². The average Bonchev–Trinajstić information content (AvgIpc) is 2.74. The van der Waals surface area contributed by atoms with Crippen LogP contribution < -0.4 is 9.47 Å². The minimum atomic E-state index is -0.532. The molecule has 2 aromatic rings. The molecule has 0 bridgehead atoms. The third kappa shape index (κ3) is 4.21. The first-order chi connectivity index (χ1) is 13.6.